The van der Waals surface area contributed by atoms with Crippen LogP contribution in [0.5, 0.6) is 0 Å². The van der Waals surface area contributed by atoms with Crippen LogP contribution in [0.3, 0.4) is 0 Å². The molecule has 0 aliphatic carbocycles. The lowest BCUT2D eigenvalue weighted by Gasteiger charge is -2.42. The number of methoxy groups -OCH3 is 3. The van der Waals surface area contributed by atoms with Gasteiger partial charge in [0.2, 0.25) is 0 Å². The number of rotatable bonds is 4. The Labute approximate surface area is 88.7 Å². The molecule has 0 amide bonds. The van der Waals surface area contributed by atoms with E-state index in [0.29, 0.717) is 0 Å². The molecule has 0 aromatic carbocycles. The standard InChI is InChI=1S/C9H18O6/c1-12-6-5(4-10)15-9(11)8(14-3)7(6)13-2/h5-11H,4H2,1-3H3/t5-,6+,7+,8-,9+/m1/s1. The molecule has 2 N–H and O–H groups in total. The molecule has 0 unspecified atom stereocenters. The highest BCUT2D eigenvalue weighted by atomic mass is 16.7. The Morgan fingerprint density at radius 3 is 1.93 bits per heavy atom. The SMILES string of the molecule is CO[C@@H]1[C@@H](OC)[C@@H](O)O[C@H](CO)[C@@H]1OC. The molecule has 6 heteroatoms. The third-order valence-electron chi connectivity index (χ3n) is 2.61. The third kappa shape index (κ3) is 2.47. The fourth-order valence-electron chi connectivity index (χ4n) is 1.85. The molecule has 1 saturated heterocycles. The molecule has 1 rings (SSSR count). The van der Waals surface area contributed by atoms with Crippen LogP contribution in [0.2, 0.25) is 0 Å². The van der Waals surface area contributed by atoms with Crippen molar-refractivity contribution in [2.45, 2.75) is 30.7 Å². The monoisotopic (exact) mass is 222 g/mol. The van der Waals surface area contributed by atoms with Gasteiger partial charge in [0.25, 0.3) is 0 Å². The summed E-state index contributed by atoms with van der Waals surface area (Å²) in [5.74, 6) is 0. The van der Waals surface area contributed by atoms with Crippen molar-refractivity contribution in [3.05, 3.63) is 0 Å². The summed E-state index contributed by atoms with van der Waals surface area (Å²) < 4.78 is 20.6. The van der Waals surface area contributed by atoms with Crippen LogP contribution in [0, 0.1) is 0 Å². The van der Waals surface area contributed by atoms with Crippen molar-refractivity contribution >= 4 is 0 Å². The zero-order valence-corrected chi connectivity index (χ0v) is 9.12. The Morgan fingerprint density at radius 1 is 1.00 bits per heavy atom. The second kappa shape index (κ2) is 5.74. The third-order valence-corrected chi connectivity index (χ3v) is 2.61. The second-order valence-corrected chi connectivity index (χ2v) is 3.35. The van der Waals surface area contributed by atoms with Crippen LogP contribution in [0.4, 0.5) is 0 Å². The molecule has 0 saturated carbocycles. The van der Waals surface area contributed by atoms with E-state index >= 15 is 0 Å². The van der Waals surface area contributed by atoms with E-state index in [2.05, 4.69) is 0 Å². The predicted octanol–water partition coefficient (Wildman–Crippen LogP) is -1.26. The first-order valence-electron chi connectivity index (χ1n) is 4.72. The molecule has 0 bridgehead atoms. The maximum Gasteiger partial charge on any atom is 0.184 e. The lowest BCUT2D eigenvalue weighted by atomic mass is 9.99. The molecule has 0 aromatic heterocycles. The van der Waals surface area contributed by atoms with E-state index in [4.69, 9.17) is 24.1 Å². The number of aliphatic hydroxyl groups is 2. The fraction of sp³-hybridized carbons (Fsp3) is 1.00. The minimum Gasteiger partial charge on any atom is -0.394 e. The molecule has 1 fully saturated rings. The largest absolute Gasteiger partial charge is 0.394 e. The summed E-state index contributed by atoms with van der Waals surface area (Å²) in [5.41, 5.74) is 0. The minimum absolute atomic E-state index is 0.244. The van der Waals surface area contributed by atoms with Gasteiger partial charge < -0.3 is 29.2 Å². The van der Waals surface area contributed by atoms with Crippen molar-refractivity contribution < 1.29 is 29.2 Å². The van der Waals surface area contributed by atoms with Crippen LogP contribution in [0.1, 0.15) is 0 Å². The average molecular weight is 222 g/mol. The topological polar surface area (TPSA) is 77.4 Å². The van der Waals surface area contributed by atoms with Crippen LogP contribution < -0.4 is 0 Å². The van der Waals surface area contributed by atoms with Crippen LogP contribution >= 0.6 is 0 Å². The maximum atomic E-state index is 9.59. The Bertz CT molecular complexity index is 187. The highest BCUT2D eigenvalue weighted by molar-refractivity contribution is 4.91. The van der Waals surface area contributed by atoms with Gasteiger partial charge in [-0.25, -0.2) is 0 Å². The molecule has 0 aromatic rings. The zero-order chi connectivity index (χ0) is 11.4. The lowest BCUT2D eigenvalue weighted by Crippen LogP contribution is -2.60. The summed E-state index contributed by atoms with van der Waals surface area (Å²) >= 11 is 0. The van der Waals surface area contributed by atoms with Gasteiger partial charge >= 0.3 is 0 Å². The van der Waals surface area contributed by atoms with E-state index in [9.17, 15) is 5.11 Å². The molecule has 5 atom stereocenters. The van der Waals surface area contributed by atoms with E-state index in [-0.39, 0.29) is 6.61 Å². The van der Waals surface area contributed by atoms with E-state index in [0.717, 1.165) is 0 Å². The molecule has 15 heavy (non-hydrogen) atoms. The van der Waals surface area contributed by atoms with Crippen molar-refractivity contribution in [2.75, 3.05) is 27.9 Å². The number of ether oxygens (including phenoxy) is 4. The van der Waals surface area contributed by atoms with E-state index < -0.39 is 30.7 Å². The fourth-order valence-corrected chi connectivity index (χ4v) is 1.85. The van der Waals surface area contributed by atoms with Gasteiger partial charge in [0.15, 0.2) is 6.29 Å². The molecule has 1 aliphatic heterocycles. The molecule has 6 nitrogen and oxygen atoms in total. The summed E-state index contributed by atoms with van der Waals surface area (Å²) in [5, 5.41) is 18.7. The zero-order valence-electron chi connectivity index (χ0n) is 9.12. The van der Waals surface area contributed by atoms with Crippen LogP contribution in [0.15, 0.2) is 0 Å². The van der Waals surface area contributed by atoms with Gasteiger partial charge in [-0.3, -0.25) is 0 Å². The first kappa shape index (κ1) is 12.8. The molecule has 90 valence electrons. The van der Waals surface area contributed by atoms with Crippen LogP contribution in [0.25, 0.3) is 0 Å². The second-order valence-electron chi connectivity index (χ2n) is 3.35. The highest BCUT2D eigenvalue weighted by Crippen LogP contribution is 2.25. The quantitative estimate of drug-likeness (QED) is 0.618. The van der Waals surface area contributed by atoms with Crippen molar-refractivity contribution in [1.29, 1.82) is 0 Å². The molecular weight excluding hydrogens is 204 g/mol. The number of aliphatic hydroxyl groups excluding tert-OH is 2. The van der Waals surface area contributed by atoms with Crippen molar-refractivity contribution in [3.63, 3.8) is 0 Å². The summed E-state index contributed by atoms with van der Waals surface area (Å²) in [6, 6.07) is 0. The van der Waals surface area contributed by atoms with Crippen LogP contribution in [-0.4, -0.2) is 68.9 Å². The van der Waals surface area contributed by atoms with E-state index in [1.54, 1.807) is 0 Å². The van der Waals surface area contributed by atoms with Crippen molar-refractivity contribution in [3.8, 4) is 0 Å². The van der Waals surface area contributed by atoms with Crippen molar-refractivity contribution in [1.82, 2.24) is 0 Å². The summed E-state index contributed by atoms with van der Waals surface area (Å²) in [6.07, 6.45) is -3.29. The number of hydrogen-bond acceptors (Lipinski definition) is 6. The van der Waals surface area contributed by atoms with E-state index in [1.807, 2.05) is 0 Å². The Balaban J connectivity index is 2.80. The van der Waals surface area contributed by atoms with Gasteiger partial charge in [0.05, 0.1) is 6.61 Å². The normalized spacial score (nSPS) is 41.8. The molecule has 1 aliphatic rings. The minimum atomic E-state index is -1.12. The summed E-state index contributed by atoms with van der Waals surface area (Å²) in [7, 11) is 4.44. The first-order chi connectivity index (χ1) is 7.19. The molecule has 1 heterocycles. The van der Waals surface area contributed by atoms with Crippen molar-refractivity contribution in [2.24, 2.45) is 0 Å². The Hall–Kier alpha value is -0.240. The lowest BCUT2D eigenvalue weighted by molar-refractivity contribution is -0.299. The van der Waals surface area contributed by atoms with Gasteiger partial charge in [0, 0.05) is 21.3 Å². The van der Waals surface area contributed by atoms with Crippen LogP contribution in [-0.2, 0) is 18.9 Å². The first-order valence-corrected chi connectivity index (χ1v) is 4.72. The van der Waals surface area contributed by atoms with Gasteiger partial charge in [-0.2, -0.15) is 0 Å². The van der Waals surface area contributed by atoms with Gasteiger partial charge in [-0.15, -0.1) is 0 Å². The summed E-state index contributed by atoms with van der Waals surface area (Å²) in [6.45, 7) is -0.244. The summed E-state index contributed by atoms with van der Waals surface area (Å²) in [4.78, 5) is 0. The highest BCUT2D eigenvalue weighted by Gasteiger charge is 2.46. The van der Waals surface area contributed by atoms with Gasteiger partial charge in [-0.05, 0) is 0 Å². The molecule has 0 spiro atoms. The molecule has 0 radical (unpaired) electrons. The van der Waals surface area contributed by atoms with Gasteiger partial charge in [-0.1, -0.05) is 0 Å². The predicted molar refractivity (Wildman–Crippen MR) is 50.4 cm³/mol. The average Bonchev–Trinajstić information content (AvgIpc) is 2.27. The van der Waals surface area contributed by atoms with Gasteiger partial charge in [0.1, 0.15) is 24.4 Å². The smallest absolute Gasteiger partial charge is 0.184 e. The Morgan fingerprint density at radius 2 is 1.53 bits per heavy atom. The molecular formula is C9H18O6. The maximum absolute atomic E-state index is 9.59. The van der Waals surface area contributed by atoms with E-state index in [1.165, 1.54) is 21.3 Å². The number of hydrogen-bond donors (Lipinski definition) is 2. The Kier molecular flexibility index (Phi) is 4.91.